The second kappa shape index (κ2) is 15.7. The average Bonchev–Trinajstić information content (AvgIpc) is 1.66. The first kappa shape index (κ1) is 15.7. The zero-order valence-corrected chi connectivity index (χ0v) is 4.98. The number of carbonyl (C=O) groups is 3. The maximum atomic E-state index is 9.00. The predicted molar refractivity (Wildman–Crippen MR) is 31.5 cm³/mol. The van der Waals surface area contributed by atoms with Gasteiger partial charge in [-0.2, -0.15) is 0 Å². The molecule has 0 spiro atoms. The van der Waals surface area contributed by atoms with Crippen LogP contribution in [0.15, 0.2) is 0 Å². The zero-order chi connectivity index (χ0) is 9.15. The number of hydrogen-bond donors (Lipinski definition) is 4. The molecule has 0 unspecified atom stereocenters. The highest BCUT2D eigenvalue weighted by Crippen LogP contribution is 1.42. The molecule has 0 heterocycles. The average molecular weight is 152 g/mol. The van der Waals surface area contributed by atoms with Crippen molar-refractivity contribution in [2.24, 2.45) is 11.5 Å². The van der Waals surface area contributed by atoms with Gasteiger partial charge in [0.15, 0.2) is 0 Å². The third-order valence-electron chi connectivity index (χ3n) is 0. The SMILES string of the molecule is C=O.NC(N)=O.O=C(O)O. The molecule has 0 aromatic carbocycles. The van der Waals surface area contributed by atoms with E-state index in [2.05, 4.69) is 11.5 Å². The summed E-state index contributed by atoms with van der Waals surface area (Å²) in [4.78, 5) is 25.6. The molecule has 0 saturated carbocycles. The second-order valence-electron chi connectivity index (χ2n) is 0.685. The highest BCUT2D eigenvalue weighted by molar-refractivity contribution is 5.69. The Balaban J connectivity index is -0.0000000787. The van der Waals surface area contributed by atoms with Crippen LogP contribution in [0.5, 0.6) is 0 Å². The van der Waals surface area contributed by atoms with Gasteiger partial charge in [0.1, 0.15) is 6.79 Å². The van der Waals surface area contributed by atoms with Crippen LogP contribution in [0.3, 0.4) is 0 Å². The van der Waals surface area contributed by atoms with Crippen LogP contribution in [0.25, 0.3) is 0 Å². The molecule has 0 rings (SSSR count). The molecule has 0 aromatic heterocycles. The molecule has 10 heavy (non-hydrogen) atoms. The maximum absolute atomic E-state index is 9.00. The normalized spacial score (nSPS) is 5.20. The summed E-state index contributed by atoms with van der Waals surface area (Å²) in [7, 11) is 0. The van der Waals surface area contributed by atoms with Crippen LogP contribution in [0.4, 0.5) is 9.59 Å². The Morgan fingerprint density at radius 3 is 1.10 bits per heavy atom. The van der Waals surface area contributed by atoms with Gasteiger partial charge in [0.25, 0.3) is 0 Å². The molecule has 0 atom stereocenters. The van der Waals surface area contributed by atoms with Gasteiger partial charge in [-0.15, -0.1) is 0 Å². The van der Waals surface area contributed by atoms with Crippen LogP contribution in [-0.4, -0.2) is 29.2 Å². The van der Waals surface area contributed by atoms with Crippen LogP contribution in [0.2, 0.25) is 0 Å². The lowest BCUT2D eigenvalue weighted by atomic mass is 11.2. The van der Waals surface area contributed by atoms with Gasteiger partial charge in [-0.3, -0.25) is 0 Å². The van der Waals surface area contributed by atoms with Gasteiger partial charge in [-0.1, -0.05) is 0 Å². The molecular weight excluding hydrogens is 144 g/mol. The molecule has 0 fully saturated rings. The minimum atomic E-state index is -1.83. The van der Waals surface area contributed by atoms with E-state index in [1.54, 1.807) is 0 Å². The Kier molecular flexibility index (Phi) is 24.7. The van der Waals surface area contributed by atoms with Gasteiger partial charge < -0.3 is 26.5 Å². The lowest BCUT2D eigenvalue weighted by molar-refractivity contribution is -0.0980. The summed E-state index contributed by atoms with van der Waals surface area (Å²) in [5.41, 5.74) is 8.50. The zero-order valence-electron chi connectivity index (χ0n) is 4.98. The summed E-state index contributed by atoms with van der Waals surface area (Å²) in [6, 6.07) is -0.833. The number of rotatable bonds is 0. The molecule has 7 heteroatoms. The molecule has 60 valence electrons. The van der Waals surface area contributed by atoms with E-state index in [0.29, 0.717) is 0 Å². The first-order valence-electron chi connectivity index (χ1n) is 1.72. The fraction of sp³-hybridized carbons (Fsp3) is 0. The number of carboxylic acid groups (broad SMARTS) is 2. The smallest absolute Gasteiger partial charge is 0.450 e. The molecule has 0 saturated heterocycles. The minimum absolute atomic E-state index is 0.833. The Labute approximate surface area is 56.2 Å². The quantitative estimate of drug-likeness (QED) is 0.354. The maximum Gasteiger partial charge on any atom is 0.503 e. The number of primary amides is 2. The van der Waals surface area contributed by atoms with Crippen molar-refractivity contribution in [2.75, 3.05) is 0 Å². The number of urea groups is 1. The standard InChI is InChI=1S/CH4N2O.CH2O3.CH2O/c2*2-1(3)4;1-2/h(H4,2,3,4);(H2,2,3,4);1H2. The fourth-order valence-corrected chi connectivity index (χ4v) is 0. The van der Waals surface area contributed by atoms with Crippen molar-refractivity contribution < 1.29 is 24.6 Å². The monoisotopic (exact) mass is 152 g/mol. The lowest BCUT2D eigenvalue weighted by Gasteiger charge is -1.62. The van der Waals surface area contributed by atoms with Crippen LogP contribution in [-0.2, 0) is 4.79 Å². The predicted octanol–water partition coefficient (Wildman–Crippen LogP) is -0.939. The van der Waals surface area contributed by atoms with E-state index in [1.165, 1.54) is 0 Å². The number of hydrogen-bond acceptors (Lipinski definition) is 3. The van der Waals surface area contributed by atoms with Crippen molar-refractivity contribution in [3.05, 3.63) is 0 Å². The van der Waals surface area contributed by atoms with Crippen LogP contribution < -0.4 is 11.5 Å². The number of amides is 2. The molecule has 0 aliphatic rings. The first-order valence-corrected chi connectivity index (χ1v) is 1.72. The number of nitrogens with two attached hydrogens (primary N) is 2. The highest BCUT2D eigenvalue weighted by Gasteiger charge is 1.70. The molecule has 0 radical (unpaired) electrons. The summed E-state index contributed by atoms with van der Waals surface area (Å²) in [5, 5.41) is 13.9. The highest BCUT2D eigenvalue weighted by atomic mass is 16.6. The van der Waals surface area contributed by atoms with Gasteiger partial charge in [0, 0.05) is 0 Å². The van der Waals surface area contributed by atoms with Crippen molar-refractivity contribution in [1.82, 2.24) is 0 Å². The van der Waals surface area contributed by atoms with E-state index in [4.69, 9.17) is 24.6 Å². The van der Waals surface area contributed by atoms with Crippen molar-refractivity contribution in [1.29, 1.82) is 0 Å². The first-order chi connectivity index (χ1) is 4.46. The molecule has 0 aliphatic heterocycles. The van der Waals surface area contributed by atoms with Crippen LogP contribution >= 0.6 is 0 Å². The van der Waals surface area contributed by atoms with Crippen molar-refractivity contribution in [3.63, 3.8) is 0 Å². The van der Waals surface area contributed by atoms with E-state index >= 15 is 0 Å². The molecule has 6 N–H and O–H groups in total. The van der Waals surface area contributed by atoms with Gasteiger partial charge >= 0.3 is 12.2 Å². The van der Waals surface area contributed by atoms with E-state index in [0.717, 1.165) is 0 Å². The largest absolute Gasteiger partial charge is 0.503 e. The molecule has 0 aliphatic carbocycles. The Bertz CT molecular complexity index is 83.1. The summed E-state index contributed by atoms with van der Waals surface area (Å²) < 4.78 is 0. The number of carbonyl (C=O) groups excluding carboxylic acids is 2. The van der Waals surface area contributed by atoms with E-state index in [-0.39, 0.29) is 0 Å². The summed E-state index contributed by atoms with van der Waals surface area (Å²) in [6.07, 6.45) is -1.83. The van der Waals surface area contributed by atoms with Crippen molar-refractivity contribution >= 4 is 19.0 Å². The van der Waals surface area contributed by atoms with E-state index in [9.17, 15) is 0 Å². The van der Waals surface area contributed by atoms with E-state index in [1.807, 2.05) is 6.79 Å². The third kappa shape index (κ3) is 52.6. The Hall–Kier alpha value is -1.79. The van der Waals surface area contributed by atoms with Crippen LogP contribution in [0.1, 0.15) is 0 Å². The minimum Gasteiger partial charge on any atom is -0.450 e. The third-order valence-corrected chi connectivity index (χ3v) is 0. The van der Waals surface area contributed by atoms with E-state index < -0.39 is 12.2 Å². The van der Waals surface area contributed by atoms with Gasteiger partial charge in [-0.05, 0) is 0 Å². The molecule has 2 amide bonds. The molecule has 0 aromatic rings. The molecule has 0 bridgehead atoms. The van der Waals surface area contributed by atoms with Crippen molar-refractivity contribution in [3.8, 4) is 0 Å². The Morgan fingerprint density at radius 1 is 1.10 bits per heavy atom. The molecule has 7 nitrogen and oxygen atoms in total. The lowest BCUT2D eigenvalue weighted by Crippen LogP contribution is -2.18. The second-order valence-corrected chi connectivity index (χ2v) is 0.685. The topological polar surface area (TPSA) is 144 Å². The van der Waals surface area contributed by atoms with Gasteiger partial charge in [0.05, 0.1) is 0 Å². The summed E-state index contributed by atoms with van der Waals surface area (Å²) >= 11 is 0. The van der Waals surface area contributed by atoms with Crippen LogP contribution in [0, 0.1) is 0 Å². The molecular formula is C3H8N2O5. The van der Waals surface area contributed by atoms with Gasteiger partial charge in [-0.25, -0.2) is 9.59 Å². The summed E-state index contributed by atoms with van der Waals surface area (Å²) in [5.74, 6) is 0. The van der Waals surface area contributed by atoms with Crippen molar-refractivity contribution in [2.45, 2.75) is 0 Å². The van der Waals surface area contributed by atoms with Gasteiger partial charge in [0.2, 0.25) is 0 Å². The summed E-state index contributed by atoms with van der Waals surface area (Å²) in [6.45, 7) is 2.00. The fourth-order valence-electron chi connectivity index (χ4n) is 0. The Morgan fingerprint density at radius 2 is 1.10 bits per heavy atom.